The van der Waals surface area contributed by atoms with E-state index in [-0.39, 0.29) is 24.2 Å². The second kappa shape index (κ2) is 15.6. The molecule has 4 N–H and O–H groups in total. The molecule has 0 radical (unpaired) electrons. The summed E-state index contributed by atoms with van der Waals surface area (Å²) in [5.41, 5.74) is 9.57. The second-order valence-corrected chi connectivity index (χ2v) is 11.7. The number of hydrogen-bond donors (Lipinski definition) is 3. The minimum absolute atomic E-state index is 0.0436. The molecule has 0 saturated carbocycles. The lowest BCUT2D eigenvalue weighted by Crippen LogP contribution is -2.14. The first-order chi connectivity index (χ1) is 20.8. The first kappa shape index (κ1) is 31.3. The molecule has 1 amide bonds. The lowest BCUT2D eigenvalue weighted by Gasteiger charge is -2.11. The van der Waals surface area contributed by atoms with Crippen molar-refractivity contribution in [3.05, 3.63) is 118 Å². The molecule has 0 spiro atoms. The minimum atomic E-state index is -0.733. The second-order valence-electron chi connectivity index (χ2n) is 10.2. The van der Waals surface area contributed by atoms with Gasteiger partial charge >= 0.3 is 5.97 Å². The summed E-state index contributed by atoms with van der Waals surface area (Å²) in [6, 6.07) is 19.6. The molecule has 2 aromatic carbocycles. The first-order valence-electron chi connectivity index (χ1n) is 13.8. The van der Waals surface area contributed by atoms with Crippen LogP contribution in [0.3, 0.4) is 0 Å². The number of benzene rings is 2. The number of nitrogens with zero attached hydrogens (tertiary/aromatic N) is 2. The molecule has 43 heavy (non-hydrogen) atoms. The van der Waals surface area contributed by atoms with Gasteiger partial charge in [0.1, 0.15) is 0 Å². The van der Waals surface area contributed by atoms with Gasteiger partial charge in [0.15, 0.2) is 0 Å². The molecule has 2 atom stereocenters. The van der Waals surface area contributed by atoms with Gasteiger partial charge in [-0.1, -0.05) is 26.0 Å². The van der Waals surface area contributed by atoms with Gasteiger partial charge in [-0.05, 0) is 104 Å². The lowest BCUT2D eigenvalue weighted by atomic mass is 10.0. The molecular weight excluding hydrogens is 577 g/mol. The Morgan fingerprint density at radius 1 is 0.767 bits per heavy atom. The van der Waals surface area contributed by atoms with Crippen molar-refractivity contribution in [2.45, 2.75) is 38.5 Å². The van der Waals surface area contributed by atoms with Crippen LogP contribution in [0.2, 0.25) is 0 Å². The van der Waals surface area contributed by atoms with Crippen molar-refractivity contribution < 1.29 is 14.7 Å². The van der Waals surface area contributed by atoms with Crippen molar-refractivity contribution in [3.63, 3.8) is 0 Å². The summed E-state index contributed by atoms with van der Waals surface area (Å²) in [6.07, 6.45) is 7.88. The number of pyridine rings is 2. The third kappa shape index (κ3) is 9.73. The zero-order chi connectivity index (χ0) is 30.6. The van der Waals surface area contributed by atoms with Gasteiger partial charge in [-0.15, -0.1) is 0 Å². The van der Waals surface area contributed by atoms with Crippen LogP contribution in [-0.2, 0) is 9.59 Å². The van der Waals surface area contributed by atoms with E-state index < -0.39 is 5.97 Å². The molecule has 0 fully saturated rings. The number of rotatable bonds is 7. The number of aromatic nitrogens is 2. The molecule has 0 bridgehead atoms. The Bertz CT molecular complexity index is 1750. The number of carboxylic acids is 1. The number of fused-ring (bicyclic) bond motifs is 2. The Hall–Kier alpha value is -4.60. The van der Waals surface area contributed by atoms with Crippen LogP contribution in [0.5, 0.6) is 0 Å². The highest BCUT2D eigenvalue weighted by molar-refractivity contribution is 7.08. The van der Waals surface area contributed by atoms with E-state index >= 15 is 0 Å². The van der Waals surface area contributed by atoms with Crippen LogP contribution in [-0.4, -0.2) is 27.0 Å². The van der Waals surface area contributed by atoms with Crippen molar-refractivity contribution in [1.82, 2.24) is 9.97 Å². The van der Waals surface area contributed by atoms with Gasteiger partial charge in [-0.3, -0.25) is 19.6 Å². The van der Waals surface area contributed by atoms with E-state index in [0.29, 0.717) is 6.42 Å². The van der Waals surface area contributed by atoms with Crippen LogP contribution in [0.4, 0.5) is 11.4 Å². The van der Waals surface area contributed by atoms with Crippen molar-refractivity contribution in [2.75, 3.05) is 11.1 Å². The predicted molar refractivity (Wildman–Crippen MR) is 179 cm³/mol. The summed E-state index contributed by atoms with van der Waals surface area (Å²) in [5, 5.41) is 24.0. The number of carbonyl (C=O) groups is 2. The SMILES string of the molecule is CC(CC(=O)Nc1ccc2cnccc2c1)c1ccsc1.CC(CC(=O)O)c1ccsc1.Nc1ccc2cnccc2c1. The lowest BCUT2D eigenvalue weighted by molar-refractivity contribution is -0.137. The molecule has 220 valence electrons. The molecule has 0 aliphatic heterocycles. The number of carboxylic acid groups (broad SMARTS) is 1. The van der Waals surface area contributed by atoms with Crippen LogP contribution >= 0.6 is 22.7 Å². The third-order valence-corrected chi connectivity index (χ3v) is 8.19. The zero-order valence-electron chi connectivity index (χ0n) is 24.0. The molecule has 4 heterocycles. The Labute approximate surface area is 259 Å². The van der Waals surface area contributed by atoms with Gasteiger partial charge in [0, 0.05) is 53.4 Å². The van der Waals surface area contributed by atoms with Crippen molar-refractivity contribution in [2.24, 2.45) is 0 Å². The van der Waals surface area contributed by atoms with Crippen LogP contribution in [0.25, 0.3) is 21.5 Å². The quantitative estimate of drug-likeness (QED) is 0.156. The van der Waals surface area contributed by atoms with Gasteiger partial charge in [0.2, 0.25) is 5.91 Å². The fraction of sp³-hybridized carbons (Fsp3) is 0.176. The monoisotopic (exact) mass is 610 g/mol. The van der Waals surface area contributed by atoms with Gasteiger partial charge in [0.05, 0.1) is 6.42 Å². The predicted octanol–water partition coefficient (Wildman–Crippen LogP) is 8.57. The molecule has 9 heteroatoms. The molecular formula is C34H34N4O3S2. The van der Waals surface area contributed by atoms with Gasteiger partial charge < -0.3 is 16.2 Å². The summed E-state index contributed by atoms with van der Waals surface area (Å²) in [7, 11) is 0. The Balaban J connectivity index is 0.000000162. The molecule has 7 nitrogen and oxygen atoms in total. The molecule has 0 aliphatic carbocycles. The fourth-order valence-corrected chi connectivity index (χ4v) is 5.93. The average Bonchev–Trinajstić information content (AvgIpc) is 3.73. The van der Waals surface area contributed by atoms with E-state index in [0.717, 1.165) is 38.5 Å². The van der Waals surface area contributed by atoms with Crippen LogP contribution in [0.1, 0.15) is 49.7 Å². The number of aliphatic carboxylic acids is 1. The van der Waals surface area contributed by atoms with Crippen LogP contribution in [0.15, 0.2) is 107 Å². The molecule has 2 unspecified atom stereocenters. The minimum Gasteiger partial charge on any atom is -0.481 e. The van der Waals surface area contributed by atoms with Crippen molar-refractivity contribution >= 4 is 67.5 Å². The summed E-state index contributed by atoms with van der Waals surface area (Å²) < 4.78 is 0. The van der Waals surface area contributed by atoms with E-state index in [2.05, 4.69) is 33.7 Å². The van der Waals surface area contributed by atoms with Gasteiger partial charge in [0.25, 0.3) is 0 Å². The molecule has 4 aromatic heterocycles. The molecule has 0 saturated heterocycles. The largest absolute Gasteiger partial charge is 0.481 e. The number of hydrogen-bond acceptors (Lipinski definition) is 7. The maximum absolute atomic E-state index is 12.1. The summed E-state index contributed by atoms with van der Waals surface area (Å²) in [4.78, 5) is 30.5. The topological polar surface area (TPSA) is 118 Å². The third-order valence-electron chi connectivity index (χ3n) is 6.79. The average molecular weight is 611 g/mol. The Morgan fingerprint density at radius 3 is 1.88 bits per heavy atom. The van der Waals surface area contributed by atoms with Gasteiger partial charge in [-0.25, -0.2) is 0 Å². The number of nitrogens with two attached hydrogens (primary N) is 1. The maximum atomic E-state index is 12.1. The van der Waals surface area contributed by atoms with E-state index in [1.807, 2.05) is 90.1 Å². The summed E-state index contributed by atoms with van der Waals surface area (Å²) in [5.74, 6) is -0.314. The smallest absolute Gasteiger partial charge is 0.303 e. The highest BCUT2D eigenvalue weighted by Crippen LogP contribution is 2.24. The zero-order valence-corrected chi connectivity index (χ0v) is 25.6. The van der Waals surface area contributed by atoms with Crippen molar-refractivity contribution in [3.8, 4) is 0 Å². The van der Waals surface area contributed by atoms with E-state index in [1.54, 1.807) is 35.1 Å². The standard InChI is InChI=1S/C17H16N2OS.C9H8N2.C8H10O2S/c1-12(15-5-7-21-11-15)8-17(20)19-16-3-2-14-10-18-6-4-13(14)9-16;10-9-2-1-8-6-11-4-3-7(8)5-9;1-6(4-8(9)10)7-2-3-11-5-7/h2-7,9-12H,8H2,1H3,(H,19,20);1-6H,10H2;2-3,5-6H,4H2,1H3,(H,9,10). The van der Waals surface area contributed by atoms with E-state index in [9.17, 15) is 9.59 Å². The Kier molecular flexibility index (Phi) is 11.4. The maximum Gasteiger partial charge on any atom is 0.303 e. The number of carbonyl (C=O) groups excluding carboxylic acids is 1. The number of amides is 1. The van der Waals surface area contributed by atoms with E-state index in [4.69, 9.17) is 10.8 Å². The highest BCUT2D eigenvalue weighted by atomic mass is 32.1. The summed E-state index contributed by atoms with van der Waals surface area (Å²) in [6.45, 7) is 4.00. The normalized spacial score (nSPS) is 11.9. The number of nitrogen functional groups attached to an aromatic ring is 1. The number of anilines is 2. The number of nitrogens with one attached hydrogen (secondary N) is 1. The number of thiophene rings is 2. The first-order valence-corrected chi connectivity index (χ1v) is 15.7. The fourth-order valence-electron chi connectivity index (χ4n) is 4.36. The van der Waals surface area contributed by atoms with Gasteiger partial charge in [-0.2, -0.15) is 22.7 Å². The molecule has 6 rings (SSSR count). The van der Waals surface area contributed by atoms with E-state index in [1.165, 1.54) is 5.56 Å². The summed E-state index contributed by atoms with van der Waals surface area (Å²) >= 11 is 3.26. The highest BCUT2D eigenvalue weighted by Gasteiger charge is 2.12. The van der Waals surface area contributed by atoms with Crippen molar-refractivity contribution in [1.29, 1.82) is 0 Å². The Morgan fingerprint density at radius 2 is 1.33 bits per heavy atom. The molecule has 0 aliphatic rings. The van der Waals surface area contributed by atoms with Crippen LogP contribution < -0.4 is 11.1 Å². The van der Waals surface area contributed by atoms with Crippen LogP contribution in [0, 0.1) is 0 Å². The molecule has 6 aromatic rings.